The van der Waals surface area contributed by atoms with E-state index in [0.29, 0.717) is 72.1 Å². The third-order valence-corrected chi connectivity index (χ3v) is 10.8. The Morgan fingerprint density at radius 3 is 2.84 bits per heavy atom. The highest BCUT2D eigenvalue weighted by atomic mass is 19.1. The lowest BCUT2D eigenvalue weighted by Crippen LogP contribution is -3.04. The molecule has 1 unspecified atom stereocenters. The smallest absolute Gasteiger partial charge is 0.261 e. The number of hydrogen-bond donors (Lipinski definition) is 2. The largest absolute Gasteiger partial charge is 0.623 e. The quantitative estimate of drug-likeness (QED) is 0.260. The summed E-state index contributed by atoms with van der Waals surface area (Å²) in [5.41, 5.74) is 4.64. The van der Waals surface area contributed by atoms with E-state index < -0.39 is 0 Å². The van der Waals surface area contributed by atoms with Crippen LogP contribution in [0.2, 0.25) is 0 Å². The Labute approximate surface area is 256 Å². The zero-order chi connectivity index (χ0) is 30.7. The molecule has 1 aromatic heterocycles. The van der Waals surface area contributed by atoms with E-state index in [-0.39, 0.29) is 22.5 Å². The second kappa shape index (κ2) is 10.9. The molecule has 8 rings (SSSR count). The highest BCUT2D eigenvalue weighted by molar-refractivity contribution is 5.96. The molecule has 0 saturated heterocycles. The summed E-state index contributed by atoms with van der Waals surface area (Å²) in [4.78, 5) is 29.7. The fraction of sp³-hybridized carbons (Fsp3) is 0.471. The Hall–Kier alpha value is -3.89. The predicted molar refractivity (Wildman–Crippen MR) is 171 cm³/mol. The number of nitrogens with one attached hydrogen (secondary N) is 2. The van der Waals surface area contributed by atoms with Gasteiger partial charge < -0.3 is 15.4 Å². The van der Waals surface area contributed by atoms with Crippen LogP contribution >= 0.6 is 0 Å². The molecule has 2 aromatic carbocycles. The summed E-state index contributed by atoms with van der Waals surface area (Å²) >= 11 is 0. The molecule has 3 aromatic rings. The standard InChI is InChI=1S/C34H40FN7O2/c1-20-5-6-22(27(35)13-20)9-11-41-18-36-30-16-24(7-8-25(30)32(41)43)38-33(40-12-10-28-31(17-40)42(44)19-37-28)39-29-15-23-14-26(21(29)2)34(23,3)4/h5-8,13,16,18-19,21,23,26,29,42H,9-12,14-15,17H2,1-4H3,(H,38,39)/t21-,23-,26-,29+/m1/s1. The first-order valence-electron chi connectivity index (χ1n) is 15.7. The summed E-state index contributed by atoms with van der Waals surface area (Å²) in [7, 11) is 0. The summed E-state index contributed by atoms with van der Waals surface area (Å²) in [6.45, 7) is 10.5. The van der Waals surface area contributed by atoms with Crippen LogP contribution in [0.3, 0.4) is 0 Å². The molecule has 3 heterocycles. The van der Waals surface area contributed by atoms with Crippen LogP contribution in [-0.4, -0.2) is 45.9 Å². The average molecular weight is 598 g/mol. The van der Waals surface area contributed by atoms with Crippen molar-refractivity contribution < 1.29 is 9.45 Å². The topological polar surface area (TPSA) is 102 Å². The lowest BCUT2D eigenvalue weighted by atomic mass is 9.45. The highest BCUT2D eigenvalue weighted by Crippen LogP contribution is 2.61. The zero-order valence-electron chi connectivity index (χ0n) is 25.8. The SMILES string of the molecule is Cc1ccc(CCn2cnc3cc(NC(=N[C@H]4C[C@H]5C[C@H]([C@H]4C)C5(C)C)N4CCC5=C(C4)[NH+]([O-])C=N5)ccc3c2=O)c(F)c1. The van der Waals surface area contributed by atoms with E-state index in [9.17, 15) is 14.4 Å². The van der Waals surface area contributed by atoms with Crippen LogP contribution in [-0.2, 0) is 13.0 Å². The average Bonchev–Trinajstić information content (AvgIpc) is 3.37. The molecule has 0 radical (unpaired) electrons. The summed E-state index contributed by atoms with van der Waals surface area (Å²) in [6.07, 6.45) is 6.40. The number of nitrogens with zero attached hydrogens (tertiary/aromatic N) is 5. The third-order valence-electron chi connectivity index (χ3n) is 10.8. The van der Waals surface area contributed by atoms with Gasteiger partial charge in [-0.05, 0) is 84.7 Å². The Morgan fingerprint density at radius 2 is 2.07 bits per heavy atom. The minimum atomic E-state index is -0.255. The van der Waals surface area contributed by atoms with Crippen LogP contribution in [0, 0.1) is 41.1 Å². The van der Waals surface area contributed by atoms with Crippen LogP contribution in [0.1, 0.15) is 51.2 Å². The Balaban J connectivity index is 1.14. The maximum Gasteiger partial charge on any atom is 0.261 e. The number of aromatic nitrogens is 2. The summed E-state index contributed by atoms with van der Waals surface area (Å²) < 4.78 is 15.9. The number of halogens is 1. The van der Waals surface area contributed by atoms with Crippen LogP contribution < -0.4 is 15.9 Å². The zero-order valence-corrected chi connectivity index (χ0v) is 25.8. The van der Waals surface area contributed by atoms with Crippen molar-refractivity contribution in [3.63, 3.8) is 0 Å². The van der Waals surface area contributed by atoms with Gasteiger partial charge in [0, 0.05) is 25.2 Å². The van der Waals surface area contributed by atoms with E-state index in [4.69, 9.17) is 4.99 Å². The van der Waals surface area contributed by atoms with Crippen molar-refractivity contribution in [2.45, 2.75) is 66.0 Å². The van der Waals surface area contributed by atoms with Crippen molar-refractivity contribution in [1.29, 1.82) is 0 Å². The molecule has 0 amide bonds. The minimum Gasteiger partial charge on any atom is -0.623 e. The Morgan fingerprint density at radius 1 is 1.23 bits per heavy atom. The second-order valence-corrected chi connectivity index (χ2v) is 13.6. The molecular formula is C34H40FN7O2. The van der Waals surface area contributed by atoms with Gasteiger partial charge in [-0.15, -0.1) is 0 Å². The molecule has 230 valence electrons. The number of hydroxylamine groups is 2. The Bertz CT molecular complexity index is 1780. The molecule has 2 aliphatic heterocycles. The van der Waals surface area contributed by atoms with Crippen LogP contribution in [0.25, 0.3) is 10.9 Å². The van der Waals surface area contributed by atoms with E-state index in [2.05, 4.69) is 41.0 Å². The van der Waals surface area contributed by atoms with Crippen molar-refractivity contribution in [3.8, 4) is 0 Å². The van der Waals surface area contributed by atoms with Gasteiger partial charge in [0.25, 0.3) is 5.56 Å². The first kappa shape index (κ1) is 28.9. The molecule has 5 aliphatic rings. The summed E-state index contributed by atoms with van der Waals surface area (Å²) in [5.74, 6) is 2.29. The van der Waals surface area contributed by atoms with Gasteiger partial charge in [-0.3, -0.25) is 14.4 Å². The van der Waals surface area contributed by atoms with Gasteiger partial charge in [-0.1, -0.05) is 32.9 Å². The molecule has 3 fully saturated rings. The normalized spacial score (nSPS) is 27.5. The maximum absolute atomic E-state index is 14.3. The van der Waals surface area contributed by atoms with Gasteiger partial charge in [0.05, 0.1) is 29.8 Å². The van der Waals surface area contributed by atoms with Crippen molar-refractivity contribution in [2.75, 3.05) is 18.4 Å². The summed E-state index contributed by atoms with van der Waals surface area (Å²) in [6, 6.07) is 10.9. The number of aryl methyl sites for hydroxylation is 3. The molecule has 2 N–H and O–H groups in total. The van der Waals surface area contributed by atoms with Gasteiger partial charge >= 0.3 is 0 Å². The van der Waals surface area contributed by atoms with Crippen LogP contribution in [0.4, 0.5) is 10.1 Å². The molecular weight excluding hydrogens is 557 g/mol. The highest BCUT2D eigenvalue weighted by Gasteiger charge is 2.56. The van der Waals surface area contributed by atoms with Gasteiger partial charge in [0.15, 0.2) is 18.0 Å². The van der Waals surface area contributed by atoms with Gasteiger partial charge in [-0.25, -0.2) is 19.4 Å². The van der Waals surface area contributed by atoms with E-state index >= 15 is 0 Å². The number of guanidine groups is 1. The van der Waals surface area contributed by atoms with Crippen molar-refractivity contribution >= 4 is 28.9 Å². The fourth-order valence-corrected chi connectivity index (χ4v) is 7.77. The minimum absolute atomic E-state index is 0.0191. The molecule has 44 heavy (non-hydrogen) atoms. The Kier molecular flexibility index (Phi) is 7.16. The number of benzene rings is 2. The lowest BCUT2D eigenvalue weighted by molar-refractivity contribution is -0.692. The molecule has 3 saturated carbocycles. The number of rotatable bonds is 5. The van der Waals surface area contributed by atoms with Crippen molar-refractivity contribution in [2.24, 2.45) is 33.2 Å². The van der Waals surface area contributed by atoms with Crippen LogP contribution in [0.5, 0.6) is 0 Å². The number of quaternary nitrogens is 1. The molecule has 5 atom stereocenters. The van der Waals surface area contributed by atoms with Gasteiger partial charge in [-0.2, -0.15) is 0 Å². The monoisotopic (exact) mass is 597 g/mol. The van der Waals surface area contributed by atoms with Crippen molar-refractivity contribution in [3.05, 3.63) is 86.6 Å². The van der Waals surface area contributed by atoms with Crippen molar-refractivity contribution in [1.82, 2.24) is 14.5 Å². The van der Waals surface area contributed by atoms with Gasteiger partial charge in [0.1, 0.15) is 11.5 Å². The third kappa shape index (κ3) is 5.03. The first-order valence-corrected chi connectivity index (χ1v) is 15.7. The lowest BCUT2D eigenvalue weighted by Gasteiger charge is -2.61. The fourth-order valence-electron chi connectivity index (χ4n) is 7.77. The maximum atomic E-state index is 14.3. The molecule has 10 heteroatoms. The number of hydrogen-bond acceptors (Lipinski definition) is 5. The van der Waals surface area contributed by atoms with E-state index in [1.807, 2.05) is 25.1 Å². The summed E-state index contributed by atoms with van der Waals surface area (Å²) in [5, 5.41) is 16.5. The van der Waals surface area contributed by atoms with E-state index in [1.54, 1.807) is 16.7 Å². The molecule has 9 nitrogen and oxygen atoms in total. The number of fused-ring (bicyclic) bond motifs is 3. The van der Waals surface area contributed by atoms with Crippen LogP contribution in [0.15, 0.2) is 68.9 Å². The van der Waals surface area contributed by atoms with E-state index in [1.165, 1.54) is 25.2 Å². The molecule has 2 bridgehead atoms. The second-order valence-electron chi connectivity index (χ2n) is 13.6. The predicted octanol–water partition coefficient (Wildman–Crippen LogP) is 4.27. The molecule has 3 aliphatic carbocycles. The first-order chi connectivity index (χ1) is 21.1. The number of anilines is 1. The number of aliphatic imine (C=N–C) groups is 2. The molecule has 0 spiro atoms. The van der Waals surface area contributed by atoms with Gasteiger partial charge in [0.2, 0.25) is 0 Å². The van der Waals surface area contributed by atoms with E-state index in [0.717, 1.165) is 35.0 Å².